The van der Waals surface area contributed by atoms with E-state index < -0.39 is 0 Å². The number of hydrogen-bond donors (Lipinski definition) is 1. The van der Waals surface area contributed by atoms with E-state index in [0.717, 1.165) is 25.7 Å². The molecular weight excluding hydrogens is 140 g/mol. The van der Waals surface area contributed by atoms with Crippen LogP contribution in [0.15, 0.2) is 5.16 Å². The van der Waals surface area contributed by atoms with Crippen molar-refractivity contribution in [3.63, 3.8) is 0 Å². The van der Waals surface area contributed by atoms with Crippen molar-refractivity contribution in [3.05, 3.63) is 0 Å². The van der Waals surface area contributed by atoms with Crippen LogP contribution in [0.5, 0.6) is 0 Å². The molecule has 0 aromatic carbocycles. The number of rotatable bonds is 1. The second-order valence-corrected chi connectivity index (χ2v) is 2.93. The molecule has 1 aliphatic rings. The van der Waals surface area contributed by atoms with Gasteiger partial charge in [-0.25, -0.2) is 0 Å². The topological polar surface area (TPSA) is 56.4 Å². The van der Waals surface area contributed by atoms with Crippen LogP contribution < -0.4 is 0 Å². The van der Waals surface area contributed by atoms with E-state index in [1.54, 1.807) is 0 Å². The highest BCUT2D eigenvalue weighted by Crippen LogP contribution is 2.24. The fourth-order valence-corrected chi connectivity index (χ4v) is 1.57. The third kappa shape index (κ3) is 1.94. The lowest BCUT2D eigenvalue weighted by molar-refractivity contribution is 0.311. The molecule has 0 aromatic heterocycles. The molecule has 1 saturated carbocycles. The molecule has 0 spiro atoms. The highest BCUT2D eigenvalue weighted by atomic mass is 16.4. The standard InChI is InChI=1S/C8H12N2O/c9-6-8(10-11)7-4-2-1-3-5-7/h7,11H,1-5H2. The van der Waals surface area contributed by atoms with Crippen molar-refractivity contribution in [1.29, 1.82) is 5.26 Å². The smallest absolute Gasteiger partial charge is 0.159 e. The summed E-state index contributed by atoms with van der Waals surface area (Å²) in [5.41, 5.74) is 0.310. The predicted molar refractivity (Wildman–Crippen MR) is 41.4 cm³/mol. The molecule has 0 aliphatic heterocycles. The van der Waals surface area contributed by atoms with Crippen LogP contribution in [-0.2, 0) is 0 Å². The minimum atomic E-state index is 0.221. The van der Waals surface area contributed by atoms with E-state index in [2.05, 4.69) is 5.16 Å². The SMILES string of the molecule is N#CC(=NO)C1CCCCC1. The van der Waals surface area contributed by atoms with Gasteiger partial charge in [-0.1, -0.05) is 24.4 Å². The maximum atomic E-state index is 8.54. The quantitative estimate of drug-likeness (QED) is 0.354. The van der Waals surface area contributed by atoms with E-state index in [0.29, 0.717) is 5.71 Å². The van der Waals surface area contributed by atoms with Gasteiger partial charge in [0.2, 0.25) is 0 Å². The average molecular weight is 152 g/mol. The Morgan fingerprint density at radius 2 is 2.00 bits per heavy atom. The molecule has 1 fully saturated rings. The normalized spacial score (nSPS) is 21.2. The predicted octanol–water partition coefficient (Wildman–Crippen LogP) is 1.92. The van der Waals surface area contributed by atoms with Gasteiger partial charge in [0.25, 0.3) is 0 Å². The van der Waals surface area contributed by atoms with Crippen LogP contribution >= 0.6 is 0 Å². The molecule has 1 N–H and O–H groups in total. The van der Waals surface area contributed by atoms with Crippen LogP contribution in [0, 0.1) is 17.2 Å². The largest absolute Gasteiger partial charge is 0.410 e. The molecule has 60 valence electrons. The van der Waals surface area contributed by atoms with Crippen molar-refractivity contribution in [1.82, 2.24) is 0 Å². The van der Waals surface area contributed by atoms with Crippen LogP contribution in [0.1, 0.15) is 32.1 Å². The summed E-state index contributed by atoms with van der Waals surface area (Å²) in [7, 11) is 0. The van der Waals surface area contributed by atoms with E-state index in [9.17, 15) is 0 Å². The third-order valence-electron chi connectivity index (χ3n) is 2.21. The Morgan fingerprint density at radius 1 is 1.36 bits per heavy atom. The summed E-state index contributed by atoms with van der Waals surface area (Å²) in [6, 6.07) is 1.92. The molecule has 0 saturated heterocycles. The minimum Gasteiger partial charge on any atom is -0.410 e. The lowest BCUT2D eigenvalue weighted by Crippen LogP contribution is -2.16. The molecule has 0 aromatic rings. The maximum Gasteiger partial charge on any atom is 0.159 e. The average Bonchev–Trinajstić information content (AvgIpc) is 2.09. The fourth-order valence-electron chi connectivity index (χ4n) is 1.57. The summed E-state index contributed by atoms with van der Waals surface area (Å²) >= 11 is 0. The highest BCUT2D eigenvalue weighted by Gasteiger charge is 2.19. The molecule has 0 bridgehead atoms. The van der Waals surface area contributed by atoms with Crippen molar-refractivity contribution in [3.8, 4) is 6.07 Å². The number of oxime groups is 1. The fraction of sp³-hybridized carbons (Fsp3) is 0.750. The Balaban J connectivity index is 2.52. The van der Waals surface area contributed by atoms with Crippen molar-refractivity contribution < 1.29 is 5.21 Å². The van der Waals surface area contributed by atoms with Gasteiger partial charge >= 0.3 is 0 Å². The Morgan fingerprint density at radius 3 is 2.45 bits per heavy atom. The van der Waals surface area contributed by atoms with Crippen LogP contribution in [-0.4, -0.2) is 10.9 Å². The summed E-state index contributed by atoms with van der Waals surface area (Å²) < 4.78 is 0. The molecule has 11 heavy (non-hydrogen) atoms. The third-order valence-corrected chi connectivity index (χ3v) is 2.21. The van der Waals surface area contributed by atoms with Crippen molar-refractivity contribution in [2.45, 2.75) is 32.1 Å². The Labute approximate surface area is 66.3 Å². The van der Waals surface area contributed by atoms with Crippen LogP contribution in [0.4, 0.5) is 0 Å². The van der Waals surface area contributed by atoms with Gasteiger partial charge in [0, 0.05) is 5.92 Å². The summed E-state index contributed by atoms with van der Waals surface area (Å²) in [5.74, 6) is 0.221. The van der Waals surface area contributed by atoms with Gasteiger partial charge < -0.3 is 5.21 Å². The molecule has 1 aliphatic carbocycles. The molecule has 3 heteroatoms. The maximum absolute atomic E-state index is 8.54. The second-order valence-electron chi connectivity index (χ2n) is 2.93. The molecule has 0 amide bonds. The minimum absolute atomic E-state index is 0.221. The lowest BCUT2D eigenvalue weighted by Gasteiger charge is -2.18. The first kappa shape index (κ1) is 8.06. The Bertz CT molecular complexity index is 187. The van der Waals surface area contributed by atoms with E-state index in [-0.39, 0.29) is 5.92 Å². The van der Waals surface area contributed by atoms with Crippen molar-refractivity contribution in [2.24, 2.45) is 11.1 Å². The van der Waals surface area contributed by atoms with Gasteiger partial charge in [-0.2, -0.15) is 5.26 Å². The van der Waals surface area contributed by atoms with Gasteiger partial charge in [0.1, 0.15) is 6.07 Å². The van der Waals surface area contributed by atoms with Gasteiger partial charge in [0.05, 0.1) is 0 Å². The molecule has 0 heterocycles. The van der Waals surface area contributed by atoms with E-state index in [1.165, 1.54) is 6.42 Å². The zero-order valence-corrected chi connectivity index (χ0v) is 6.45. The number of nitrogens with zero attached hydrogens (tertiary/aromatic N) is 2. The number of nitriles is 1. The van der Waals surface area contributed by atoms with Crippen molar-refractivity contribution in [2.75, 3.05) is 0 Å². The van der Waals surface area contributed by atoms with Gasteiger partial charge in [0.15, 0.2) is 5.71 Å². The Kier molecular flexibility index (Phi) is 2.91. The summed E-state index contributed by atoms with van der Waals surface area (Å²) in [6.45, 7) is 0. The molecule has 1 rings (SSSR count). The first-order valence-electron chi connectivity index (χ1n) is 4.00. The van der Waals surface area contributed by atoms with Gasteiger partial charge in [-0.05, 0) is 12.8 Å². The first-order valence-corrected chi connectivity index (χ1v) is 4.00. The molecule has 0 unspecified atom stereocenters. The summed E-state index contributed by atoms with van der Waals surface area (Å²) in [5, 5.41) is 20.0. The monoisotopic (exact) mass is 152 g/mol. The summed E-state index contributed by atoms with van der Waals surface area (Å²) in [4.78, 5) is 0. The molecular formula is C8H12N2O. The molecule has 3 nitrogen and oxygen atoms in total. The van der Waals surface area contributed by atoms with Crippen LogP contribution in [0.3, 0.4) is 0 Å². The lowest BCUT2D eigenvalue weighted by atomic mass is 9.86. The van der Waals surface area contributed by atoms with E-state index in [1.807, 2.05) is 6.07 Å². The van der Waals surface area contributed by atoms with E-state index >= 15 is 0 Å². The van der Waals surface area contributed by atoms with Gasteiger partial charge in [-0.15, -0.1) is 0 Å². The number of hydrogen-bond acceptors (Lipinski definition) is 3. The zero-order chi connectivity index (χ0) is 8.10. The molecule has 0 atom stereocenters. The van der Waals surface area contributed by atoms with Crippen LogP contribution in [0.2, 0.25) is 0 Å². The summed E-state index contributed by atoms with van der Waals surface area (Å²) in [6.07, 6.45) is 5.58. The van der Waals surface area contributed by atoms with Gasteiger partial charge in [-0.3, -0.25) is 0 Å². The zero-order valence-electron chi connectivity index (χ0n) is 6.45. The first-order chi connectivity index (χ1) is 5.38. The highest BCUT2D eigenvalue weighted by molar-refractivity contribution is 5.99. The van der Waals surface area contributed by atoms with Crippen molar-refractivity contribution >= 4 is 5.71 Å². The molecule has 0 radical (unpaired) electrons. The Hall–Kier alpha value is -1.04. The second kappa shape index (κ2) is 3.97. The van der Waals surface area contributed by atoms with Crippen LogP contribution in [0.25, 0.3) is 0 Å². The van der Waals surface area contributed by atoms with E-state index in [4.69, 9.17) is 10.5 Å².